The number of para-hydroxylation sites is 1. The molecule has 108 valence electrons. The largest absolute Gasteiger partial charge is 0.618 e. The standard InChI is InChI=1S/C16H16N2O2S/c1-12(21-15-8-4-5-10-18(15)20)16(19)17-11-9-13-6-2-3-7-14(13)17/h2-8,10,12H,9,11H2,1H3. The lowest BCUT2D eigenvalue weighted by atomic mass is 10.2. The third kappa shape index (κ3) is 2.74. The maximum Gasteiger partial charge on any atom is 0.252 e. The molecular formula is C16H16N2O2S. The van der Waals surface area contributed by atoms with Crippen molar-refractivity contribution in [3.63, 3.8) is 0 Å². The Kier molecular flexibility index (Phi) is 3.84. The Bertz CT molecular complexity index is 675. The maximum atomic E-state index is 12.6. The van der Waals surface area contributed by atoms with Crippen LogP contribution in [-0.4, -0.2) is 17.7 Å². The van der Waals surface area contributed by atoms with Gasteiger partial charge in [-0.05, 0) is 42.8 Å². The predicted molar refractivity (Wildman–Crippen MR) is 83.2 cm³/mol. The average Bonchev–Trinajstić information content (AvgIpc) is 2.92. The van der Waals surface area contributed by atoms with E-state index in [1.165, 1.54) is 23.5 Å². The Morgan fingerprint density at radius 2 is 2.05 bits per heavy atom. The molecule has 0 saturated carbocycles. The summed E-state index contributed by atoms with van der Waals surface area (Å²) in [5.74, 6) is 0.0498. The van der Waals surface area contributed by atoms with Crippen LogP contribution in [0.5, 0.6) is 0 Å². The average molecular weight is 300 g/mol. The van der Waals surface area contributed by atoms with Crippen LogP contribution in [0.1, 0.15) is 12.5 Å². The second kappa shape index (κ2) is 5.77. The molecule has 2 heterocycles. The molecule has 5 heteroatoms. The Hall–Kier alpha value is -2.01. The molecule has 3 rings (SSSR count). The summed E-state index contributed by atoms with van der Waals surface area (Å²) in [5, 5.41) is 11.9. The number of pyridine rings is 1. The first-order valence-corrected chi connectivity index (χ1v) is 7.79. The zero-order valence-electron chi connectivity index (χ0n) is 11.7. The highest BCUT2D eigenvalue weighted by Gasteiger charge is 2.29. The molecule has 1 aliphatic heterocycles. The molecule has 21 heavy (non-hydrogen) atoms. The van der Waals surface area contributed by atoms with Crippen LogP contribution in [0.25, 0.3) is 0 Å². The van der Waals surface area contributed by atoms with E-state index in [4.69, 9.17) is 0 Å². The minimum absolute atomic E-state index is 0.0498. The number of anilines is 1. The van der Waals surface area contributed by atoms with Gasteiger partial charge in [0.25, 0.3) is 5.03 Å². The van der Waals surface area contributed by atoms with E-state index < -0.39 is 0 Å². The third-order valence-electron chi connectivity index (χ3n) is 3.59. The monoisotopic (exact) mass is 300 g/mol. The van der Waals surface area contributed by atoms with Crippen molar-refractivity contribution in [3.05, 3.63) is 59.4 Å². The van der Waals surface area contributed by atoms with Gasteiger partial charge in [0.2, 0.25) is 5.91 Å². The minimum Gasteiger partial charge on any atom is -0.618 e. The molecule has 0 bridgehead atoms. The number of nitrogens with zero attached hydrogens (tertiary/aromatic N) is 2. The highest BCUT2D eigenvalue weighted by Crippen LogP contribution is 2.30. The van der Waals surface area contributed by atoms with Gasteiger partial charge >= 0.3 is 0 Å². The molecule has 0 N–H and O–H groups in total. The number of aromatic nitrogens is 1. The molecule has 1 aromatic carbocycles. The number of rotatable bonds is 3. The van der Waals surface area contributed by atoms with Gasteiger partial charge in [-0.1, -0.05) is 18.2 Å². The van der Waals surface area contributed by atoms with E-state index in [1.807, 2.05) is 30.0 Å². The number of thioether (sulfide) groups is 1. The zero-order chi connectivity index (χ0) is 14.8. The van der Waals surface area contributed by atoms with Crippen LogP contribution in [0.3, 0.4) is 0 Å². The normalized spacial score (nSPS) is 14.8. The highest BCUT2D eigenvalue weighted by atomic mass is 32.2. The van der Waals surface area contributed by atoms with Crippen molar-refractivity contribution in [2.45, 2.75) is 23.6 Å². The summed E-state index contributed by atoms with van der Waals surface area (Å²) in [4.78, 5) is 14.4. The third-order valence-corrected chi connectivity index (χ3v) is 4.70. The van der Waals surface area contributed by atoms with Crippen LogP contribution in [-0.2, 0) is 11.2 Å². The summed E-state index contributed by atoms with van der Waals surface area (Å²) in [6, 6.07) is 13.2. The number of hydrogen-bond acceptors (Lipinski definition) is 3. The molecule has 2 aromatic rings. The first kappa shape index (κ1) is 13.9. The fourth-order valence-electron chi connectivity index (χ4n) is 2.52. The quantitative estimate of drug-likeness (QED) is 0.497. The molecule has 1 aromatic heterocycles. The van der Waals surface area contributed by atoms with Gasteiger partial charge in [0.15, 0.2) is 6.20 Å². The fourth-order valence-corrected chi connectivity index (χ4v) is 3.43. The topological polar surface area (TPSA) is 47.2 Å². The van der Waals surface area contributed by atoms with Crippen molar-refractivity contribution >= 4 is 23.4 Å². The van der Waals surface area contributed by atoms with Crippen molar-refractivity contribution in [3.8, 4) is 0 Å². The molecule has 1 unspecified atom stereocenters. The molecular weight excluding hydrogens is 284 g/mol. The number of amides is 1. The van der Waals surface area contributed by atoms with E-state index in [9.17, 15) is 10.0 Å². The smallest absolute Gasteiger partial charge is 0.252 e. The predicted octanol–water partition coefficient (Wildman–Crippen LogP) is 2.39. The first-order chi connectivity index (χ1) is 10.2. The summed E-state index contributed by atoms with van der Waals surface area (Å²) in [5.41, 5.74) is 2.21. The van der Waals surface area contributed by atoms with E-state index in [0.29, 0.717) is 5.03 Å². The van der Waals surface area contributed by atoms with E-state index in [-0.39, 0.29) is 11.2 Å². The van der Waals surface area contributed by atoms with Gasteiger partial charge in [0, 0.05) is 24.4 Å². The van der Waals surface area contributed by atoms with Gasteiger partial charge in [-0.2, -0.15) is 4.73 Å². The summed E-state index contributed by atoms with van der Waals surface area (Å²) in [6.07, 6.45) is 2.34. The van der Waals surface area contributed by atoms with Crippen molar-refractivity contribution in [2.24, 2.45) is 0 Å². The lowest BCUT2D eigenvalue weighted by Gasteiger charge is -2.20. The van der Waals surface area contributed by atoms with Crippen LogP contribution in [0.15, 0.2) is 53.7 Å². The van der Waals surface area contributed by atoms with Crippen molar-refractivity contribution < 1.29 is 9.52 Å². The summed E-state index contributed by atoms with van der Waals surface area (Å²) in [7, 11) is 0. The molecule has 0 spiro atoms. The zero-order valence-corrected chi connectivity index (χ0v) is 12.5. The van der Waals surface area contributed by atoms with Crippen LogP contribution in [0.2, 0.25) is 0 Å². The van der Waals surface area contributed by atoms with Gasteiger partial charge in [0.1, 0.15) is 0 Å². The molecule has 0 aliphatic carbocycles. The second-order valence-electron chi connectivity index (χ2n) is 4.99. The SMILES string of the molecule is CC(Sc1cccc[n+]1[O-])C(=O)N1CCc2ccccc21. The van der Waals surface area contributed by atoms with Crippen LogP contribution in [0, 0.1) is 5.21 Å². The molecule has 4 nitrogen and oxygen atoms in total. The van der Waals surface area contributed by atoms with E-state index in [2.05, 4.69) is 6.07 Å². The van der Waals surface area contributed by atoms with Crippen LogP contribution < -0.4 is 9.63 Å². The van der Waals surface area contributed by atoms with Crippen molar-refractivity contribution in [1.29, 1.82) is 0 Å². The number of benzene rings is 1. The summed E-state index contributed by atoms with van der Waals surface area (Å²) < 4.78 is 0.798. The number of carbonyl (C=O) groups is 1. The van der Waals surface area contributed by atoms with Crippen LogP contribution in [0.4, 0.5) is 5.69 Å². The molecule has 1 atom stereocenters. The van der Waals surface area contributed by atoms with Gasteiger partial charge in [0.05, 0.1) is 5.25 Å². The molecule has 1 aliphatic rings. The number of fused-ring (bicyclic) bond motifs is 1. The van der Waals surface area contributed by atoms with E-state index in [0.717, 1.165) is 23.4 Å². The van der Waals surface area contributed by atoms with Gasteiger partial charge in [-0.25, -0.2) is 0 Å². The van der Waals surface area contributed by atoms with Crippen molar-refractivity contribution in [1.82, 2.24) is 0 Å². The lowest BCUT2D eigenvalue weighted by molar-refractivity contribution is -0.645. The van der Waals surface area contributed by atoms with E-state index >= 15 is 0 Å². The lowest BCUT2D eigenvalue weighted by Crippen LogP contribution is -2.36. The molecule has 1 amide bonds. The van der Waals surface area contributed by atoms with Gasteiger partial charge < -0.3 is 10.1 Å². The molecule has 0 radical (unpaired) electrons. The highest BCUT2D eigenvalue weighted by molar-refractivity contribution is 8.00. The maximum absolute atomic E-state index is 12.6. The second-order valence-corrected chi connectivity index (χ2v) is 6.35. The Morgan fingerprint density at radius 1 is 1.29 bits per heavy atom. The van der Waals surface area contributed by atoms with Gasteiger partial charge in [-0.3, -0.25) is 4.79 Å². The first-order valence-electron chi connectivity index (χ1n) is 6.91. The Labute approximate surface area is 128 Å². The van der Waals surface area contributed by atoms with Gasteiger partial charge in [-0.15, -0.1) is 0 Å². The minimum atomic E-state index is -0.293. The number of carbonyl (C=O) groups excluding carboxylic acids is 1. The number of hydrogen-bond donors (Lipinski definition) is 0. The molecule has 0 saturated heterocycles. The van der Waals surface area contributed by atoms with Crippen LogP contribution >= 0.6 is 11.8 Å². The molecule has 0 fully saturated rings. The summed E-state index contributed by atoms with van der Waals surface area (Å²) >= 11 is 1.30. The Morgan fingerprint density at radius 3 is 2.86 bits per heavy atom. The van der Waals surface area contributed by atoms with Crippen molar-refractivity contribution in [2.75, 3.05) is 11.4 Å². The van der Waals surface area contributed by atoms with E-state index in [1.54, 1.807) is 18.2 Å². The Balaban J connectivity index is 1.76. The fraction of sp³-hybridized carbons (Fsp3) is 0.250. The summed E-state index contributed by atoms with van der Waals surface area (Å²) in [6.45, 7) is 2.57.